The summed E-state index contributed by atoms with van der Waals surface area (Å²) in [5.41, 5.74) is 3.02. The van der Waals surface area contributed by atoms with E-state index >= 15 is 0 Å². The van der Waals surface area contributed by atoms with E-state index in [1.165, 1.54) is 6.08 Å². The Morgan fingerprint density at radius 2 is 2.05 bits per heavy atom. The molecule has 0 aliphatic heterocycles. The van der Waals surface area contributed by atoms with Crippen LogP contribution in [0.1, 0.15) is 22.4 Å². The SMILES string of the molecule is Cc1cc(C)c(CNC(=O)/C=C/c2ccccc2Br)c(=O)[nH]1. The van der Waals surface area contributed by atoms with Crippen LogP contribution in [-0.4, -0.2) is 10.9 Å². The first-order valence-electron chi connectivity index (χ1n) is 6.87. The molecule has 4 nitrogen and oxygen atoms in total. The topological polar surface area (TPSA) is 62.0 Å². The molecule has 2 aromatic rings. The van der Waals surface area contributed by atoms with Crippen molar-refractivity contribution in [2.45, 2.75) is 20.4 Å². The second-order valence-corrected chi connectivity index (χ2v) is 5.87. The average molecular weight is 361 g/mol. The Hall–Kier alpha value is -2.14. The second-order valence-electron chi connectivity index (χ2n) is 5.02. The highest BCUT2D eigenvalue weighted by Crippen LogP contribution is 2.16. The maximum absolute atomic E-state index is 11.9. The molecule has 114 valence electrons. The Morgan fingerprint density at radius 3 is 2.73 bits per heavy atom. The van der Waals surface area contributed by atoms with E-state index in [0.717, 1.165) is 21.3 Å². The molecule has 2 N–H and O–H groups in total. The van der Waals surface area contributed by atoms with Gasteiger partial charge in [0.25, 0.3) is 5.56 Å². The van der Waals surface area contributed by atoms with Crippen LogP contribution < -0.4 is 10.9 Å². The molecular weight excluding hydrogens is 344 g/mol. The van der Waals surface area contributed by atoms with Crippen LogP contribution in [0.4, 0.5) is 0 Å². The lowest BCUT2D eigenvalue weighted by atomic mass is 10.1. The van der Waals surface area contributed by atoms with E-state index in [4.69, 9.17) is 0 Å². The van der Waals surface area contributed by atoms with Crippen molar-refractivity contribution in [1.82, 2.24) is 10.3 Å². The number of aromatic amines is 1. The summed E-state index contributed by atoms with van der Waals surface area (Å²) in [5.74, 6) is -0.241. The van der Waals surface area contributed by atoms with Crippen LogP contribution in [0.2, 0.25) is 0 Å². The van der Waals surface area contributed by atoms with Gasteiger partial charge >= 0.3 is 0 Å². The predicted octanol–water partition coefficient (Wildman–Crippen LogP) is 3.08. The first kappa shape index (κ1) is 16.2. The molecule has 1 heterocycles. The lowest BCUT2D eigenvalue weighted by molar-refractivity contribution is -0.116. The average Bonchev–Trinajstić information content (AvgIpc) is 2.45. The molecule has 0 radical (unpaired) electrons. The van der Waals surface area contributed by atoms with Crippen molar-refractivity contribution in [3.05, 3.63) is 73.6 Å². The third-order valence-corrected chi connectivity index (χ3v) is 3.97. The van der Waals surface area contributed by atoms with Crippen molar-refractivity contribution in [2.24, 2.45) is 0 Å². The number of nitrogens with one attached hydrogen (secondary N) is 2. The van der Waals surface area contributed by atoms with Gasteiger partial charge < -0.3 is 10.3 Å². The summed E-state index contributed by atoms with van der Waals surface area (Å²) < 4.78 is 0.921. The fourth-order valence-electron chi connectivity index (χ4n) is 2.11. The summed E-state index contributed by atoms with van der Waals surface area (Å²) in [6, 6.07) is 9.51. The number of rotatable bonds is 4. The Bertz CT molecular complexity index is 778. The van der Waals surface area contributed by atoms with Crippen LogP contribution in [0.3, 0.4) is 0 Å². The Morgan fingerprint density at radius 1 is 1.32 bits per heavy atom. The van der Waals surface area contributed by atoms with Crippen molar-refractivity contribution >= 4 is 27.9 Å². The van der Waals surface area contributed by atoms with Gasteiger partial charge in [0.2, 0.25) is 5.91 Å². The third-order valence-electron chi connectivity index (χ3n) is 3.25. The van der Waals surface area contributed by atoms with Gasteiger partial charge in [-0.3, -0.25) is 9.59 Å². The van der Waals surface area contributed by atoms with E-state index in [2.05, 4.69) is 26.2 Å². The summed E-state index contributed by atoms with van der Waals surface area (Å²) in [7, 11) is 0. The molecule has 0 atom stereocenters. The second kappa shape index (κ2) is 7.22. The highest BCUT2D eigenvalue weighted by molar-refractivity contribution is 9.10. The first-order valence-corrected chi connectivity index (χ1v) is 7.66. The number of carbonyl (C=O) groups is 1. The maximum atomic E-state index is 11.9. The first-order chi connectivity index (χ1) is 10.5. The van der Waals surface area contributed by atoms with Crippen molar-refractivity contribution in [3.63, 3.8) is 0 Å². The number of aryl methyl sites for hydroxylation is 2. The molecule has 0 saturated heterocycles. The molecule has 1 aromatic carbocycles. The van der Waals surface area contributed by atoms with Gasteiger partial charge in [-0.05, 0) is 43.2 Å². The molecule has 0 fully saturated rings. The summed E-state index contributed by atoms with van der Waals surface area (Å²) >= 11 is 3.42. The van der Waals surface area contributed by atoms with Gasteiger partial charge in [0.15, 0.2) is 0 Å². The van der Waals surface area contributed by atoms with E-state index < -0.39 is 0 Å². The number of halogens is 1. The molecule has 1 aromatic heterocycles. The van der Waals surface area contributed by atoms with E-state index in [0.29, 0.717) is 5.56 Å². The van der Waals surface area contributed by atoms with E-state index in [1.54, 1.807) is 6.08 Å². The minimum Gasteiger partial charge on any atom is -0.348 e. The van der Waals surface area contributed by atoms with Gasteiger partial charge in [0, 0.05) is 28.4 Å². The standard InChI is InChI=1S/C17H17BrN2O2/c1-11-9-12(2)20-17(22)14(11)10-19-16(21)8-7-13-5-3-4-6-15(13)18/h3-9H,10H2,1-2H3,(H,19,21)(H,20,22)/b8-7+. The Kier molecular flexibility index (Phi) is 5.33. The van der Waals surface area contributed by atoms with Gasteiger partial charge in [0.1, 0.15) is 0 Å². The zero-order valence-electron chi connectivity index (χ0n) is 12.4. The zero-order valence-corrected chi connectivity index (χ0v) is 14.0. The lowest BCUT2D eigenvalue weighted by Crippen LogP contribution is -2.26. The van der Waals surface area contributed by atoms with Crippen LogP contribution in [0.5, 0.6) is 0 Å². The minimum atomic E-state index is -0.241. The van der Waals surface area contributed by atoms with E-state index in [1.807, 2.05) is 44.2 Å². The molecule has 22 heavy (non-hydrogen) atoms. The molecule has 0 aliphatic carbocycles. The summed E-state index contributed by atoms with van der Waals surface area (Å²) in [5, 5.41) is 2.73. The van der Waals surface area contributed by atoms with Crippen LogP contribution in [0.15, 0.2) is 45.7 Å². The number of amides is 1. The molecule has 5 heteroatoms. The highest BCUT2D eigenvalue weighted by atomic mass is 79.9. The number of benzene rings is 1. The van der Waals surface area contributed by atoms with Gasteiger partial charge in [-0.2, -0.15) is 0 Å². The number of hydrogen-bond donors (Lipinski definition) is 2. The zero-order chi connectivity index (χ0) is 16.1. The van der Waals surface area contributed by atoms with Crippen LogP contribution in [-0.2, 0) is 11.3 Å². The van der Waals surface area contributed by atoms with Crippen molar-refractivity contribution < 1.29 is 4.79 Å². The summed E-state index contributed by atoms with van der Waals surface area (Å²) in [4.78, 5) is 26.5. The van der Waals surface area contributed by atoms with Gasteiger partial charge in [0.05, 0.1) is 0 Å². The van der Waals surface area contributed by atoms with Crippen molar-refractivity contribution in [1.29, 1.82) is 0 Å². The third kappa shape index (κ3) is 4.18. The number of hydrogen-bond acceptors (Lipinski definition) is 2. The summed E-state index contributed by atoms with van der Waals surface area (Å²) in [6.45, 7) is 3.90. The van der Waals surface area contributed by atoms with Crippen molar-refractivity contribution in [2.75, 3.05) is 0 Å². The summed E-state index contributed by atoms with van der Waals surface area (Å²) in [6.07, 6.45) is 3.18. The van der Waals surface area contributed by atoms with E-state index in [-0.39, 0.29) is 18.0 Å². The molecule has 2 rings (SSSR count). The van der Waals surface area contributed by atoms with Gasteiger partial charge in [-0.25, -0.2) is 0 Å². The van der Waals surface area contributed by atoms with Crippen molar-refractivity contribution in [3.8, 4) is 0 Å². The molecule has 0 spiro atoms. The smallest absolute Gasteiger partial charge is 0.253 e. The van der Waals surface area contributed by atoms with E-state index in [9.17, 15) is 9.59 Å². The monoisotopic (exact) mass is 360 g/mol. The normalized spacial score (nSPS) is 10.9. The molecule has 0 aliphatic rings. The molecule has 1 amide bonds. The largest absolute Gasteiger partial charge is 0.348 e. The molecule has 0 saturated carbocycles. The van der Waals surface area contributed by atoms with Gasteiger partial charge in [-0.1, -0.05) is 34.1 Å². The van der Waals surface area contributed by atoms with Gasteiger partial charge in [-0.15, -0.1) is 0 Å². The molecular formula is C17H17BrN2O2. The highest BCUT2D eigenvalue weighted by Gasteiger charge is 2.06. The Labute approximate surface area is 137 Å². The predicted molar refractivity (Wildman–Crippen MR) is 91.6 cm³/mol. The Balaban J connectivity index is 2.02. The minimum absolute atomic E-state index is 0.160. The fourth-order valence-corrected chi connectivity index (χ4v) is 2.53. The maximum Gasteiger partial charge on any atom is 0.253 e. The molecule has 0 unspecified atom stereocenters. The lowest BCUT2D eigenvalue weighted by Gasteiger charge is -2.06. The number of pyridine rings is 1. The number of aromatic nitrogens is 1. The molecule has 0 bridgehead atoms. The number of carbonyl (C=O) groups excluding carboxylic acids is 1. The van der Waals surface area contributed by atoms with Crippen LogP contribution in [0, 0.1) is 13.8 Å². The van der Waals surface area contributed by atoms with Crippen LogP contribution in [0.25, 0.3) is 6.08 Å². The van der Waals surface area contributed by atoms with Crippen LogP contribution >= 0.6 is 15.9 Å². The fraction of sp³-hybridized carbons (Fsp3) is 0.176. The number of H-pyrrole nitrogens is 1. The quantitative estimate of drug-likeness (QED) is 0.823.